The molecule has 0 saturated carbocycles. The Labute approximate surface area is 131 Å². The minimum atomic E-state index is -3.84. The number of carbonyl (C=O) groups excluding carboxylic acids is 1. The Hall–Kier alpha value is -1.01. The number of amides is 1. The van der Waals surface area contributed by atoms with Crippen LogP contribution in [0.1, 0.15) is 57.4 Å². The van der Waals surface area contributed by atoms with Gasteiger partial charge in [-0.2, -0.15) is 0 Å². The molecule has 21 heavy (non-hydrogen) atoms. The van der Waals surface area contributed by atoms with E-state index < -0.39 is 9.05 Å². The smallest absolute Gasteiger partial charge is 0.268 e. The average Bonchev–Trinajstić information content (AvgIpc) is 2.83. The molecule has 0 radical (unpaired) electrons. The van der Waals surface area contributed by atoms with E-state index in [0.29, 0.717) is 12.2 Å². The second-order valence-corrected chi connectivity index (χ2v) is 7.98. The molecule has 1 aromatic heterocycles. The summed E-state index contributed by atoms with van der Waals surface area (Å²) in [7, 11) is 1.52. The van der Waals surface area contributed by atoms with E-state index in [9.17, 15) is 13.2 Å². The highest BCUT2D eigenvalue weighted by Crippen LogP contribution is 2.21. The van der Waals surface area contributed by atoms with E-state index in [2.05, 4.69) is 5.32 Å². The number of aryl methyl sites for hydroxylation is 1. The number of nitrogens with one attached hydrogen (secondary N) is 1. The van der Waals surface area contributed by atoms with Gasteiger partial charge in [0.1, 0.15) is 10.6 Å². The highest BCUT2D eigenvalue weighted by Gasteiger charge is 2.26. The second-order valence-electron chi connectivity index (χ2n) is 5.41. The van der Waals surface area contributed by atoms with Gasteiger partial charge in [0.15, 0.2) is 0 Å². The van der Waals surface area contributed by atoms with Gasteiger partial charge in [-0.05, 0) is 32.3 Å². The predicted molar refractivity (Wildman–Crippen MR) is 84.2 cm³/mol. The van der Waals surface area contributed by atoms with Gasteiger partial charge in [0.25, 0.3) is 15.0 Å². The van der Waals surface area contributed by atoms with Gasteiger partial charge in [0.05, 0.1) is 0 Å². The Morgan fingerprint density at radius 2 is 1.90 bits per heavy atom. The minimum Gasteiger partial charge on any atom is -0.346 e. The molecule has 0 aliphatic carbocycles. The van der Waals surface area contributed by atoms with E-state index in [-0.39, 0.29) is 16.3 Å². The average molecular weight is 335 g/mol. The summed E-state index contributed by atoms with van der Waals surface area (Å²) >= 11 is 0. The number of rotatable bonds is 7. The van der Waals surface area contributed by atoms with Crippen molar-refractivity contribution in [1.29, 1.82) is 0 Å². The van der Waals surface area contributed by atoms with Crippen LogP contribution < -0.4 is 5.32 Å². The van der Waals surface area contributed by atoms with Gasteiger partial charge < -0.3 is 9.88 Å². The monoisotopic (exact) mass is 334 g/mol. The number of nitrogens with zero attached hydrogens (tertiary/aromatic N) is 1. The van der Waals surface area contributed by atoms with Crippen molar-refractivity contribution in [2.75, 3.05) is 0 Å². The van der Waals surface area contributed by atoms with Crippen molar-refractivity contribution in [2.24, 2.45) is 0 Å². The van der Waals surface area contributed by atoms with Gasteiger partial charge in [0, 0.05) is 29.0 Å². The molecule has 120 valence electrons. The third-order valence-corrected chi connectivity index (χ3v) is 5.15. The molecule has 1 rings (SSSR count). The van der Waals surface area contributed by atoms with Crippen molar-refractivity contribution in [3.8, 4) is 0 Å². The van der Waals surface area contributed by atoms with Crippen molar-refractivity contribution < 1.29 is 13.2 Å². The van der Waals surface area contributed by atoms with Crippen LogP contribution in [0.4, 0.5) is 0 Å². The largest absolute Gasteiger partial charge is 0.346 e. The first-order valence-electron chi connectivity index (χ1n) is 7.14. The maximum atomic E-state index is 12.4. The van der Waals surface area contributed by atoms with Crippen LogP contribution in [0.3, 0.4) is 0 Å². The highest BCUT2D eigenvalue weighted by atomic mass is 35.7. The van der Waals surface area contributed by atoms with Gasteiger partial charge >= 0.3 is 0 Å². The molecule has 1 heterocycles. The van der Waals surface area contributed by atoms with Crippen LogP contribution >= 0.6 is 10.7 Å². The first kappa shape index (κ1) is 18.0. The van der Waals surface area contributed by atoms with Crippen LogP contribution in [0, 0.1) is 0 Å². The fourth-order valence-corrected chi connectivity index (χ4v) is 2.76. The van der Waals surface area contributed by atoms with Crippen molar-refractivity contribution in [3.63, 3.8) is 0 Å². The first-order chi connectivity index (χ1) is 9.66. The SMILES string of the molecule is CCCn1cc(S(=O)(=O)Cl)cc1C(=O)NC(C)(CC)CC. The number of aromatic nitrogens is 1. The quantitative estimate of drug-likeness (QED) is 0.779. The van der Waals surface area contributed by atoms with Crippen LogP contribution in [0.15, 0.2) is 17.2 Å². The molecular weight excluding hydrogens is 312 g/mol. The summed E-state index contributed by atoms with van der Waals surface area (Å²) < 4.78 is 24.5. The summed E-state index contributed by atoms with van der Waals surface area (Å²) in [6.45, 7) is 8.49. The Bertz CT molecular complexity index is 604. The van der Waals surface area contributed by atoms with Crippen molar-refractivity contribution in [1.82, 2.24) is 9.88 Å². The molecule has 0 unspecified atom stereocenters. The third kappa shape index (κ3) is 4.48. The van der Waals surface area contributed by atoms with Crippen LogP contribution in [0.25, 0.3) is 0 Å². The molecule has 5 nitrogen and oxygen atoms in total. The van der Waals surface area contributed by atoms with Gasteiger partial charge in [-0.1, -0.05) is 20.8 Å². The predicted octanol–water partition coefficient (Wildman–Crippen LogP) is 3.13. The van der Waals surface area contributed by atoms with Crippen molar-refractivity contribution >= 4 is 25.6 Å². The lowest BCUT2D eigenvalue weighted by atomic mass is 9.95. The Morgan fingerprint density at radius 1 is 1.33 bits per heavy atom. The number of hydrogen-bond donors (Lipinski definition) is 1. The fraction of sp³-hybridized carbons (Fsp3) is 0.643. The third-order valence-electron chi connectivity index (χ3n) is 3.83. The minimum absolute atomic E-state index is 0.0440. The van der Waals surface area contributed by atoms with Crippen LogP contribution in [0.5, 0.6) is 0 Å². The van der Waals surface area contributed by atoms with Crippen molar-refractivity contribution in [2.45, 2.75) is 63.9 Å². The summed E-state index contributed by atoms with van der Waals surface area (Å²) in [5.41, 5.74) is 0.0162. The zero-order valence-electron chi connectivity index (χ0n) is 12.9. The second kappa shape index (κ2) is 6.83. The van der Waals surface area contributed by atoms with E-state index in [4.69, 9.17) is 10.7 Å². The van der Waals surface area contributed by atoms with E-state index in [1.165, 1.54) is 12.3 Å². The van der Waals surface area contributed by atoms with Crippen LogP contribution in [-0.2, 0) is 15.6 Å². The summed E-state index contributed by atoms with van der Waals surface area (Å²) in [4.78, 5) is 12.4. The van der Waals surface area contributed by atoms with Gasteiger partial charge in [-0.3, -0.25) is 4.79 Å². The standard InChI is InChI=1S/C14H23ClN2O3S/c1-5-8-17-10-11(21(15,19)20)9-12(17)13(18)16-14(4,6-2)7-3/h9-10H,5-8H2,1-4H3,(H,16,18). The maximum Gasteiger partial charge on any atom is 0.268 e. The number of hydrogen-bond acceptors (Lipinski definition) is 3. The lowest BCUT2D eigenvalue weighted by Crippen LogP contribution is -2.45. The maximum absolute atomic E-state index is 12.4. The van der Waals surface area contributed by atoms with Gasteiger partial charge in [-0.25, -0.2) is 8.42 Å². The Balaban J connectivity index is 3.16. The molecule has 0 spiro atoms. The van der Waals surface area contributed by atoms with Crippen molar-refractivity contribution in [3.05, 3.63) is 18.0 Å². The van der Waals surface area contributed by atoms with E-state index in [0.717, 1.165) is 19.3 Å². The summed E-state index contributed by atoms with van der Waals surface area (Å²) in [6, 6.07) is 1.33. The first-order valence-corrected chi connectivity index (χ1v) is 9.45. The zero-order chi connectivity index (χ0) is 16.3. The van der Waals surface area contributed by atoms with E-state index in [1.54, 1.807) is 4.57 Å². The van der Waals surface area contributed by atoms with Gasteiger partial charge in [0.2, 0.25) is 0 Å². The van der Waals surface area contributed by atoms with Crippen LogP contribution in [-0.4, -0.2) is 24.4 Å². The molecule has 1 aromatic rings. The summed E-state index contributed by atoms with van der Waals surface area (Å²) in [5.74, 6) is -0.277. The van der Waals surface area contributed by atoms with E-state index in [1.807, 2.05) is 27.7 Å². The molecule has 1 N–H and O–H groups in total. The van der Waals surface area contributed by atoms with Gasteiger partial charge in [-0.15, -0.1) is 0 Å². The molecule has 0 aliphatic rings. The molecule has 0 aromatic carbocycles. The molecule has 0 fully saturated rings. The molecule has 7 heteroatoms. The molecule has 1 amide bonds. The molecular formula is C14H23ClN2O3S. The Kier molecular flexibility index (Phi) is 5.87. The van der Waals surface area contributed by atoms with Crippen LogP contribution in [0.2, 0.25) is 0 Å². The normalized spacial score (nSPS) is 12.4. The molecule has 0 saturated heterocycles. The number of carbonyl (C=O) groups is 1. The highest BCUT2D eigenvalue weighted by molar-refractivity contribution is 8.13. The topological polar surface area (TPSA) is 68.2 Å². The van der Waals surface area contributed by atoms with E-state index >= 15 is 0 Å². The summed E-state index contributed by atoms with van der Waals surface area (Å²) in [6.07, 6.45) is 3.79. The molecule has 0 bridgehead atoms. The summed E-state index contributed by atoms with van der Waals surface area (Å²) in [5, 5.41) is 2.97. The fourth-order valence-electron chi connectivity index (χ4n) is 2.00. The molecule has 0 atom stereocenters. The Morgan fingerprint density at radius 3 is 2.33 bits per heavy atom. The lowest BCUT2D eigenvalue weighted by molar-refractivity contribution is 0.0891. The number of halogens is 1. The zero-order valence-corrected chi connectivity index (χ0v) is 14.5. The molecule has 0 aliphatic heterocycles. The lowest BCUT2D eigenvalue weighted by Gasteiger charge is -2.28.